The van der Waals surface area contributed by atoms with E-state index in [-0.39, 0.29) is 26.9 Å². The van der Waals surface area contributed by atoms with Crippen LogP contribution in [0, 0.1) is 0 Å². The Bertz CT molecular complexity index is 708. The van der Waals surface area contributed by atoms with Crippen molar-refractivity contribution in [3.8, 4) is 0 Å². The molecule has 0 radical (unpaired) electrons. The maximum Gasteiger partial charge on any atom is 0.335 e. The topological polar surface area (TPSA) is 66.4 Å². The number of hydrogen-bond acceptors (Lipinski definition) is 2. The summed E-state index contributed by atoms with van der Waals surface area (Å²) in [6, 6.07) is 8.50. The van der Waals surface area contributed by atoms with E-state index in [4.69, 9.17) is 39.9 Å². The Morgan fingerprint density at radius 2 is 1.52 bits per heavy atom. The van der Waals surface area contributed by atoms with Gasteiger partial charge in [0.25, 0.3) is 5.91 Å². The summed E-state index contributed by atoms with van der Waals surface area (Å²) in [5, 5.41) is 12.2. The lowest BCUT2D eigenvalue weighted by molar-refractivity contribution is 0.0697. The van der Waals surface area contributed by atoms with Gasteiger partial charge in [-0.3, -0.25) is 4.79 Å². The van der Waals surface area contributed by atoms with Gasteiger partial charge < -0.3 is 10.4 Å². The van der Waals surface area contributed by atoms with Crippen LogP contribution in [0.1, 0.15) is 20.7 Å². The van der Waals surface area contributed by atoms with Crippen molar-refractivity contribution in [2.24, 2.45) is 0 Å². The molecule has 7 heteroatoms. The van der Waals surface area contributed by atoms with Gasteiger partial charge in [-0.2, -0.15) is 0 Å². The van der Waals surface area contributed by atoms with Gasteiger partial charge >= 0.3 is 5.97 Å². The van der Waals surface area contributed by atoms with Crippen LogP contribution in [0.15, 0.2) is 36.4 Å². The number of carbonyl (C=O) groups is 2. The van der Waals surface area contributed by atoms with Crippen molar-refractivity contribution >= 4 is 52.4 Å². The lowest BCUT2D eigenvalue weighted by Crippen LogP contribution is -2.13. The van der Waals surface area contributed by atoms with Crippen molar-refractivity contribution in [3.05, 3.63) is 62.6 Å². The van der Waals surface area contributed by atoms with Crippen molar-refractivity contribution in [1.82, 2.24) is 0 Å². The lowest BCUT2D eigenvalue weighted by Gasteiger charge is -2.10. The van der Waals surface area contributed by atoms with E-state index < -0.39 is 11.9 Å². The molecule has 2 rings (SSSR count). The molecule has 0 aliphatic rings. The van der Waals surface area contributed by atoms with E-state index in [0.29, 0.717) is 5.02 Å². The minimum absolute atomic E-state index is 0.0101. The van der Waals surface area contributed by atoms with Crippen LogP contribution in [0.3, 0.4) is 0 Å². The first-order valence-corrected chi connectivity index (χ1v) is 6.81. The van der Waals surface area contributed by atoms with E-state index in [1.807, 2.05) is 0 Å². The first-order valence-electron chi connectivity index (χ1n) is 5.67. The number of rotatable bonds is 3. The molecule has 0 saturated carbocycles. The van der Waals surface area contributed by atoms with Gasteiger partial charge in [0, 0.05) is 10.6 Å². The zero-order chi connectivity index (χ0) is 15.6. The van der Waals surface area contributed by atoms with Gasteiger partial charge in [-0.05, 0) is 30.3 Å². The van der Waals surface area contributed by atoms with Crippen LogP contribution in [0.5, 0.6) is 0 Å². The Balaban J connectivity index is 2.30. The Hall–Kier alpha value is -1.75. The average Bonchev–Trinajstić information content (AvgIpc) is 2.42. The van der Waals surface area contributed by atoms with E-state index in [1.165, 1.54) is 36.4 Å². The molecule has 0 atom stereocenters. The van der Waals surface area contributed by atoms with Crippen molar-refractivity contribution < 1.29 is 14.7 Å². The molecule has 1 amide bonds. The monoisotopic (exact) mass is 343 g/mol. The van der Waals surface area contributed by atoms with Crippen molar-refractivity contribution in [2.45, 2.75) is 0 Å². The quantitative estimate of drug-likeness (QED) is 0.855. The molecule has 0 aliphatic carbocycles. The zero-order valence-electron chi connectivity index (χ0n) is 10.4. The number of amides is 1. The van der Waals surface area contributed by atoms with Crippen LogP contribution < -0.4 is 5.32 Å². The fourth-order valence-corrected chi connectivity index (χ4v) is 2.55. The first kappa shape index (κ1) is 15.6. The Labute approximate surface area is 135 Å². The van der Waals surface area contributed by atoms with Crippen LogP contribution in [0.25, 0.3) is 0 Å². The van der Waals surface area contributed by atoms with Crippen molar-refractivity contribution in [3.63, 3.8) is 0 Å². The fourth-order valence-electron chi connectivity index (χ4n) is 1.64. The summed E-state index contributed by atoms with van der Waals surface area (Å²) in [6.45, 7) is 0. The number of carboxylic acids is 1. The molecule has 0 fully saturated rings. The molecule has 2 aromatic rings. The van der Waals surface area contributed by atoms with Crippen LogP contribution >= 0.6 is 34.8 Å². The standard InChI is InChI=1S/C14H8Cl3NO3/c15-9-5-10(16)12(11(17)6-9)18-13(19)7-2-1-3-8(4-7)14(20)21/h1-6H,(H,18,19)(H,20,21). The first-order chi connectivity index (χ1) is 9.88. The smallest absolute Gasteiger partial charge is 0.335 e. The number of aromatic carboxylic acids is 1. The van der Waals surface area contributed by atoms with Crippen LogP contribution in [-0.4, -0.2) is 17.0 Å². The van der Waals surface area contributed by atoms with Gasteiger partial charge in [0.1, 0.15) is 0 Å². The van der Waals surface area contributed by atoms with Gasteiger partial charge in [0.2, 0.25) is 0 Å². The fraction of sp³-hybridized carbons (Fsp3) is 0. The van der Waals surface area contributed by atoms with Crippen LogP contribution in [0.4, 0.5) is 5.69 Å². The lowest BCUT2D eigenvalue weighted by atomic mass is 10.1. The molecule has 0 aliphatic heterocycles. The normalized spacial score (nSPS) is 10.2. The number of carbonyl (C=O) groups excluding carboxylic acids is 1. The third kappa shape index (κ3) is 3.67. The SMILES string of the molecule is O=C(O)c1cccc(C(=O)Nc2c(Cl)cc(Cl)cc2Cl)c1. The molecule has 0 saturated heterocycles. The number of carboxylic acid groups (broad SMARTS) is 1. The number of anilines is 1. The molecule has 2 N–H and O–H groups in total. The average molecular weight is 345 g/mol. The molecule has 0 bridgehead atoms. The van der Waals surface area contributed by atoms with Crippen LogP contribution in [0.2, 0.25) is 15.1 Å². The van der Waals surface area contributed by atoms with Gasteiger partial charge in [-0.1, -0.05) is 40.9 Å². The van der Waals surface area contributed by atoms with Gasteiger partial charge in [-0.15, -0.1) is 0 Å². The number of benzene rings is 2. The summed E-state index contributed by atoms with van der Waals surface area (Å²) in [7, 11) is 0. The summed E-state index contributed by atoms with van der Waals surface area (Å²) in [5.74, 6) is -1.64. The number of nitrogens with one attached hydrogen (secondary N) is 1. The number of halogens is 3. The third-order valence-electron chi connectivity index (χ3n) is 2.62. The molecule has 0 spiro atoms. The van der Waals surface area contributed by atoms with Gasteiger partial charge in [-0.25, -0.2) is 4.79 Å². The van der Waals surface area contributed by atoms with E-state index in [1.54, 1.807) is 0 Å². The van der Waals surface area contributed by atoms with Crippen molar-refractivity contribution in [1.29, 1.82) is 0 Å². The second kappa shape index (κ2) is 6.35. The van der Waals surface area contributed by atoms with E-state index >= 15 is 0 Å². The van der Waals surface area contributed by atoms with Crippen molar-refractivity contribution in [2.75, 3.05) is 5.32 Å². The highest BCUT2D eigenvalue weighted by atomic mass is 35.5. The Kier molecular flexibility index (Phi) is 4.73. The molecular weight excluding hydrogens is 337 g/mol. The Morgan fingerprint density at radius 1 is 0.952 bits per heavy atom. The van der Waals surface area contributed by atoms with Crippen LogP contribution in [-0.2, 0) is 0 Å². The predicted molar refractivity (Wildman–Crippen MR) is 82.8 cm³/mol. The molecule has 2 aromatic carbocycles. The largest absolute Gasteiger partial charge is 0.478 e. The molecule has 4 nitrogen and oxygen atoms in total. The van der Waals surface area contributed by atoms with E-state index in [9.17, 15) is 9.59 Å². The summed E-state index contributed by atoms with van der Waals surface area (Å²) >= 11 is 17.7. The molecule has 0 heterocycles. The molecule has 0 unspecified atom stereocenters. The minimum Gasteiger partial charge on any atom is -0.478 e. The molecule has 108 valence electrons. The minimum atomic E-state index is -1.12. The molecule has 21 heavy (non-hydrogen) atoms. The molecular formula is C14H8Cl3NO3. The summed E-state index contributed by atoms with van der Waals surface area (Å²) in [4.78, 5) is 23.0. The van der Waals surface area contributed by atoms with Gasteiger partial charge in [0.05, 0.1) is 21.3 Å². The van der Waals surface area contributed by atoms with E-state index in [0.717, 1.165) is 0 Å². The zero-order valence-corrected chi connectivity index (χ0v) is 12.6. The van der Waals surface area contributed by atoms with E-state index in [2.05, 4.69) is 5.32 Å². The predicted octanol–water partition coefficient (Wildman–Crippen LogP) is 4.60. The Morgan fingerprint density at radius 3 is 2.10 bits per heavy atom. The second-order valence-electron chi connectivity index (χ2n) is 4.08. The maximum atomic E-state index is 12.1. The second-order valence-corrected chi connectivity index (χ2v) is 5.34. The highest BCUT2D eigenvalue weighted by Gasteiger charge is 2.14. The highest BCUT2D eigenvalue weighted by molar-refractivity contribution is 6.42. The summed E-state index contributed by atoms with van der Waals surface area (Å²) in [6.07, 6.45) is 0. The summed E-state index contributed by atoms with van der Waals surface area (Å²) in [5.41, 5.74) is 0.404. The molecule has 0 aromatic heterocycles. The number of hydrogen-bond donors (Lipinski definition) is 2. The summed E-state index contributed by atoms with van der Waals surface area (Å²) < 4.78 is 0. The van der Waals surface area contributed by atoms with Gasteiger partial charge in [0.15, 0.2) is 0 Å². The third-order valence-corrected chi connectivity index (χ3v) is 3.43. The maximum absolute atomic E-state index is 12.1. The highest BCUT2D eigenvalue weighted by Crippen LogP contribution is 2.33.